The number of aromatic nitrogens is 2. The van der Waals surface area contributed by atoms with E-state index in [2.05, 4.69) is 25.7 Å². The van der Waals surface area contributed by atoms with Crippen LogP contribution in [0.3, 0.4) is 0 Å². The standard InChI is InChI=1S/C14H13BrN2O5/c1-21-9-5-3-8(4-6-9)7-17-11(12(18)19)10(13(20)22-2)16-14(17)15/h3-6H,7H2,1-2H3,(H,18,19). The third-order valence-corrected chi connectivity index (χ3v) is 3.61. The molecule has 0 aliphatic rings. The van der Waals surface area contributed by atoms with Crippen LogP contribution in [0.25, 0.3) is 0 Å². The molecule has 22 heavy (non-hydrogen) atoms. The topological polar surface area (TPSA) is 90.6 Å². The number of carbonyl (C=O) groups is 2. The van der Waals surface area contributed by atoms with Crippen LogP contribution in [0, 0.1) is 0 Å². The molecule has 7 nitrogen and oxygen atoms in total. The molecule has 2 aromatic rings. The van der Waals surface area contributed by atoms with Crippen LogP contribution in [-0.4, -0.2) is 40.8 Å². The van der Waals surface area contributed by atoms with Gasteiger partial charge in [-0.2, -0.15) is 0 Å². The van der Waals surface area contributed by atoms with Gasteiger partial charge in [-0.15, -0.1) is 0 Å². The number of rotatable bonds is 5. The second-order valence-corrected chi connectivity index (χ2v) is 5.02. The zero-order chi connectivity index (χ0) is 16.3. The van der Waals surface area contributed by atoms with Crippen molar-refractivity contribution >= 4 is 27.9 Å². The lowest BCUT2D eigenvalue weighted by molar-refractivity contribution is 0.0574. The summed E-state index contributed by atoms with van der Waals surface area (Å²) in [4.78, 5) is 27.0. The molecular weight excluding hydrogens is 356 g/mol. The first-order chi connectivity index (χ1) is 10.5. The summed E-state index contributed by atoms with van der Waals surface area (Å²) >= 11 is 3.18. The number of halogens is 1. The number of benzene rings is 1. The normalized spacial score (nSPS) is 10.3. The summed E-state index contributed by atoms with van der Waals surface area (Å²) in [5.41, 5.74) is 0.364. The summed E-state index contributed by atoms with van der Waals surface area (Å²) in [6.07, 6.45) is 0. The lowest BCUT2D eigenvalue weighted by Gasteiger charge is -2.08. The minimum absolute atomic E-state index is 0.227. The highest BCUT2D eigenvalue weighted by atomic mass is 79.9. The first kappa shape index (κ1) is 16.0. The summed E-state index contributed by atoms with van der Waals surface area (Å²) in [6, 6.07) is 7.13. The van der Waals surface area contributed by atoms with Crippen molar-refractivity contribution in [1.29, 1.82) is 0 Å². The van der Waals surface area contributed by atoms with Crippen molar-refractivity contribution in [2.75, 3.05) is 14.2 Å². The Bertz CT molecular complexity index is 709. The molecule has 1 N–H and O–H groups in total. The number of imidazole rings is 1. The number of ether oxygens (including phenoxy) is 2. The Balaban J connectivity index is 2.43. The van der Waals surface area contributed by atoms with Crippen molar-refractivity contribution in [2.24, 2.45) is 0 Å². The third-order valence-electron chi connectivity index (χ3n) is 3.00. The number of esters is 1. The molecule has 0 unspecified atom stereocenters. The molecule has 1 aromatic heterocycles. The maximum atomic E-state index is 11.6. The van der Waals surface area contributed by atoms with Gasteiger partial charge in [0.05, 0.1) is 20.8 Å². The quantitative estimate of drug-likeness (QED) is 0.813. The fourth-order valence-corrected chi connectivity index (χ4v) is 2.42. The van der Waals surface area contributed by atoms with Crippen molar-refractivity contribution in [2.45, 2.75) is 6.54 Å². The zero-order valence-electron chi connectivity index (χ0n) is 11.9. The Hall–Kier alpha value is -2.35. The van der Waals surface area contributed by atoms with Crippen LogP contribution < -0.4 is 4.74 Å². The SMILES string of the molecule is COC(=O)c1nc(Br)n(Cc2ccc(OC)cc2)c1C(=O)O. The molecule has 0 aliphatic heterocycles. The van der Waals surface area contributed by atoms with Gasteiger partial charge < -0.3 is 19.1 Å². The largest absolute Gasteiger partial charge is 0.497 e. The van der Waals surface area contributed by atoms with Crippen LogP contribution in [-0.2, 0) is 11.3 Å². The molecule has 1 aromatic carbocycles. The molecule has 0 saturated carbocycles. The van der Waals surface area contributed by atoms with Gasteiger partial charge in [-0.25, -0.2) is 14.6 Å². The van der Waals surface area contributed by atoms with Crippen molar-refractivity contribution < 1.29 is 24.2 Å². The molecule has 0 bridgehead atoms. The molecule has 2 rings (SSSR count). The van der Waals surface area contributed by atoms with Crippen LogP contribution >= 0.6 is 15.9 Å². The number of carbonyl (C=O) groups excluding carboxylic acids is 1. The average Bonchev–Trinajstić information content (AvgIpc) is 2.84. The Morgan fingerprint density at radius 1 is 1.27 bits per heavy atom. The molecule has 8 heteroatoms. The van der Waals surface area contributed by atoms with Gasteiger partial charge in [-0.05, 0) is 33.6 Å². The molecule has 0 spiro atoms. The van der Waals surface area contributed by atoms with Gasteiger partial charge in [0.2, 0.25) is 0 Å². The smallest absolute Gasteiger partial charge is 0.359 e. The van der Waals surface area contributed by atoms with E-state index in [1.165, 1.54) is 11.7 Å². The van der Waals surface area contributed by atoms with Crippen molar-refractivity contribution in [3.8, 4) is 5.75 Å². The fraction of sp³-hybridized carbons (Fsp3) is 0.214. The molecule has 0 atom stereocenters. The summed E-state index contributed by atoms with van der Waals surface area (Å²) < 4.78 is 11.3. The second kappa shape index (κ2) is 6.61. The molecule has 0 aliphatic carbocycles. The van der Waals surface area contributed by atoms with E-state index in [4.69, 9.17) is 4.74 Å². The number of nitrogens with zero attached hydrogens (tertiary/aromatic N) is 2. The molecule has 0 saturated heterocycles. The van der Waals surface area contributed by atoms with E-state index < -0.39 is 11.9 Å². The molecule has 0 amide bonds. The predicted octanol–water partition coefficient (Wildman–Crippen LogP) is 2.19. The molecule has 0 fully saturated rings. The van der Waals surface area contributed by atoms with E-state index in [9.17, 15) is 14.7 Å². The lowest BCUT2D eigenvalue weighted by atomic mass is 10.2. The highest BCUT2D eigenvalue weighted by Gasteiger charge is 2.27. The second-order valence-electron chi connectivity index (χ2n) is 4.31. The Labute approximate surface area is 134 Å². The van der Waals surface area contributed by atoms with Crippen LogP contribution in [0.2, 0.25) is 0 Å². The van der Waals surface area contributed by atoms with Crippen LogP contribution in [0.15, 0.2) is 29.0 Å². The number of carboxylic acids is 1. The van der Waals surface area contributed by atoms with Gasteiger partial charge in [0, 0.05) is 0 Å². The number of hydrogen-bond acceptors (Lipinski definition) is 5. The Morgan fingerprint density at radius 3 is 2.41 bits per heavy atom. The van der Waals surface area contributed by atoms with E-state index in [0.717, 1.165) is 5.56 Å². The Morgan fingerprint density at radius 2 is 1.91 bits per heavy atom. The van der Waals surface area contributed by atoms with Gasteiger partial charge in [0.25, 0.3) is 0 Å². The third kappa shape index (κ3) is 3.11. The number of aromatic carboxylic acids is 1. The minimum Gasteiger partial charge on any atom is -0.497 e. The van der Waals surface area contributed by atoms with Crippen LogP contribution in [0.1, 0.15) is 26.5 Å². The van der Waals surface area contributed by atoms with Gasteiger partial charge in [-0.3, -0.25) is 0 Å². The zero-order valence-corrected chi connectivity index (χ0v) is 13.5. The predicted molar refractivity (Wildman–Crippen MR) is 80.3 cm³/mol. The average molecular weight is 369 g/mol. The fourth-order valence-electron chi connectivity index (χ4n) is 1.94. The summed E-state index contributed by atoms with van der Waals surface area (Å²) in [5, 5.41) is 9.35. The van der Waals surface area contributed by atoms with Crippen molar-refractivity contribution in [3.63, 3.8) is 0 Å². The van der Waals surface area contributed by atoms with E-state index in [-0.39, 0.29) is 22.7 Å². The number of methoxy groups -OCH3 is 2. The minimum atomic E-state index is -1.26. The van der Waals surface area contributed by atoms with Gasteiger partial charge in [0.15, 0.2) is 16.1 Å². The molecule has 116 valence electrons. The maximum Gasteiger partial charge on any atom is 0.359 e. The van der Waals surface area contributed by atoms with E-state index in [1.54, 1.807) is 31.4 Å². The number of carboxylic acid groups (broad SMARTS) is 1. The van der Waals surface area contributed by atoms with Crippen molar-refractivity contribution in [3.05, 3.63) is 46.0 Å². The Kier molecular flexibility index (Phi) is 4.81. The maximum absolute atomic E-state index is 11.6. The summed E-state index contributed by atoms with van der Waals surface area (Å²) in [6.45, 7) is 0.232. The highest BCUT2D eigenvalue weighted by molar-refractivity contribution is 9.10. The first-order valence-electron chi connectivity index (χ1n) is 6.18. The van der Waals surface area contributed by atoms with Gasteiger partial charge in [-0.1, -0.05) is 12.1 Å². The number of hydrogen-bond donors (Lipinski definition) is 1. The van der Waals surface area contributed by atoms with E-state index >= 15 is 0 Å². The van der Waals surface area contributed by atoms with Crippen LogP contribution in [0.4, 0.5) is 0 Å². The van der Waals surface area contributed by atoms with Crippen LogP contribution in [0.5, 0.6) is 5.75 Å². The van der Waals surface area contributed by atoms with Gasteiger partial charge in [0.1, 0.15) is 5.75 Å². The van der Waals surface area contributed by atoms with E-state index in [0.29, 0.717) is 5.75 Å². The summed E-state index contributed by atoms with van der Waals surface area (Å²) in [7, 11) is 2.73. The highest BCUT2D eigenvalue weighted by Crippen LogP contribution is 2.21. The van der Waals surface area contributed by atoms with E-state index in [1.807, 2.05) is 0 Å². The molecule has 1 heterocycles. The first-order valence-corrected chi connectivity index (χ1v) is 6.97. The lowest BCUT2D eigenvalue weighted by Crippen LogP contribution is -2.15. The van der Waals surface area contributed by atoms with Gasteiger partial charge >= 0.3 is 11.9 Å². The molecular formula is C14H13BrN2O5. The molecule has 0 radical (unpaired) electrons. The van der Waals surface area contributed by atoms with Crippen molar-refractivity contribution in [1.82, 2.24) is 9.55 Å². The summed E-state index contributed by atoms with van der Waals surface area (Å²) in [5.74, 6) is -1.36. The monoisotopic (exact) mass is 368 g/mol.